The van der Waals surface area contributed by atoms with Gasteiger partial charge in [-0.3, -0.25) is 10.1 Å². The average molecular weight is 461 g/mol. The number of hydrogen-bond donors (Lipinski definition) is 1. The molecule has 3 heterocycles. The van der Waals surface area contributed by atoms with Crippen LogP contribution < -0.4 is 10.1 Å². The Morgan fingerprint density at radius 2 is 2.00 bits per heavy atom. The van der Waals surface area contributed by atoms with Gasteiger partial charge in [0.15, 0.2) is 0 Å². The van der Waals surface area contributed by atoms with Crippen LogP contribution in [0.3, 0.4) is 0 Å². The van der Waals surface area contributed by atoms with Crippen LogP contribution in [0.1, 0.15) is 28.2 Å². The highest BCUT2D eigenvalue weighted by Gasteiger charge is 2.18. The number of aromatic nitrogens is 4. The number of piperidine rings is 1. The number of nitrogens with one attached hydrogen (secondary N) is 1. The molecule has 168 valence electrons. The second-order valence-corrected chi connectivity index (χ2v) is 9.38. The van der Waals surface area contributed by atoms with E-state index in [1.54, 1.807) is 18.3 Å². The SMILES string of the molecule is Cc1nnc(-c2ccc3cnc(NC(=O)c4cccc(OC5CCN(C)CC5)c4)nc3c2)s1. The van der Waals surface area contributed by atoms with Gasteiger partial charge in [0.25, 0.3) is 5.91 Å². The maximum atomic E-state index is 12.9. The van der Waals surface area contributed by atoms with Gasteiger partial charge >= 0.3 is 0 Å². The molecule has 0 atom stereocenters. The normalized spacial score (nSPS) is 15.0. The number of hydrogen-bond acceptors (Lipinski definition) is 8. The van der Waals surface area contributed by atoms with E-state index in [1.807, 2.05) is 37.3 Å². The fourth-order valence-electron chi connectivity index (χ4n) is 3.81. The highest BCUT2D eigenvalue weighted by Crippen LogP contribution is 2.26. The molecule has 0 unspecified atom stereocenters. The number of nitrogens with zero attached hydrogens (tertiary/aromatic N) is 5. The van der Waals surface area contributed by atoms with Gasteiger partial charge in [-0.05, 0) is 51.1 Å². The minimum atomic E-state index is -0.279. The third-order valence-electron chi connectivity index (χ3n) is 5.65. The zero-order valence-electron chi connectivity index (χ0n) is 18.5. The van der Waals surface area contributed by atoms with Gasteiger partial charge in [-0.2, -0.15) is 0 Å². The number of anilines is 1. The smallest absolute Gasteiger partial charge is 0.258 e. The lowest BCUT2D eigenvalue weighted by atomic mass is 10.1. The van der Waals surface area contributed by atoms with Crippen LogP contribution in [0, 0.1) is 6.92 Å². The van der Waals surface area contributed by atoms with Crippen LogP contribution in [0.25, 0.3) is 21.5 Å². The molecule has 0 spiro atoms. The van der Waals surface area contributed by atoms with Crippen molar-refractivity contribution in [3.05, 3.63) is 59.2 Å². The van der Waals surface area contributed by atoms with Crippen LogP contribution in [0.15, 0.2) is 48.7 Å². The summed E-state index contributed by atoms with van der Waals surface area (Å²) in [4.78, 5) is 24.0. The van der Waals surface area contributed by atoms with E-state index in [2.05, 4.69) is 37.4 Å². The van der Waals surface area contributed by atoms with Crippen molar-refractivity contribution in [3.63, 3.8) is 0 Å². The summed E-state index contributed by atoms with van der Waals surface area (Å²) < 4.78 is 6.11. The fraction of sp³-hybridized carbons (Fsp3) is 0.292. The Labute approximate surface area is 195 Å². The summed E-state index contributed by atoms with van der Waals surface area (Å²) in [7, 11) is 2.12. The summed E-state index contributed by atoms with van der Waals surface area (Å²) in [5.41, 5.74) is 2.16. The molecule has 0 bridgehead atoms. The van der Waals surface area contributed by atoms with Crippen LogP contribution in [-0.2, 0) is 0 Å². The van der Waals surface area contributed by atoms with E-state index in [0.717, 1.165) is 52.4 Å². The topological polar surface area (TPSA) is 93.1 Å². The molecule has 1 fully saturated rings. The van der Waals surface area contributed by atoms with Crippen LogP contribution >= 0.6 is 11.3 Å². The molecule has 8 nitrogen and oxygen atoms in total. The molecule has 33 heavy (non-hydrogen) atoms. The molecule has 2 aromatic carbocycles. The molecule has 2 aromatic heterocycles. The summed E-state index contributed by atoms with van der Waals surface area (Å²) in [6.07, 6.45) is 3.84. The van der Waals surface area contributed by atoms with Gasteiger partial charge in [-0.25, -0.2) is 9.97 Å². The maximum absolute atomic E-state index is 12.9. The lowest BCUT2D eigenvalue weighted by molar-refractivity contribution is 0.102. The van der Waals surface area contributed by atoms with Crippen molar-refractivity contribution in [2.75, 3.05) is 25.5 Å². The Hall–Kier alpha value is -3.43. The van der Waals surface area contributed by atoms with E-state index < -0.39 is 0 Å². The van der Waals surface area contributed by atoms with Gasteiger partial charge < -0.3 is 9.64 Å². The van der Waals surface area contributed by atoms with Gasteiger partial charge in [0.2, 0.25) is 5.95 Å². The third-order valence-corrected chi connectivity index (χ3v) is 6.53. The molecule has 1 aliphatic rings. The third kappa shape index (κ3) is 4.99. The lowest BCUT2D eigenvalue weighted by Gasteiger charge is -2.29. The number of aryl methyl sites for hydroxylation is 1. The largest absolute Gasteiger partial charge is 0.490 e. The highest BCUT2D eigenvalue weighted by molar-refractivity contribution is 7.14. The van der Waals surface area contributed by atoms with Gasteiger partial charge in [0, 0.05) is 35.8 Å². The van der Waals surface area contributed by atoms with Crippen LogP contribution in [-0.4, -0.2) is 57.2 Å². The quantitative estimate of drug-likeness (QED) is 0.477. The number of fused-ring (bicyclic) bond motifs is 1. The minimum Gasteiger partial charge on any atom is -0.490 e. The predicted octanol–water partition coefficient (Wildman–Crippen LogP) is 4.18. The van der Waals surface area contributed by atoms with Gasteiger partial charge in [0.05, 0.1) is 5.52 Å². The van der Waals surface area contributed by atoms with Crippen LogP contribution in [0.5, 0.6) is 5.75 Å². The molecule has 4 aromatic rings. The Balaban J connectivity index is 1.31. The van der Waals surface area contributed by atoms with Gasteiger partial charge in [0.1, 0.15) is 21.9 Å². The number of carbonyl (C=O) groups is 1. The number of ether oxygens (including phenoxy) is 1. The average Bonchev–Trinajstić information content (AvgIpc) is 3.26. The van der Waals surface area contributed by atoms with Gasteiger partial charge in [-0.1, -0.05) is 29.5 Å². The Bertz CT molecular complexity index is 1300. The van der Waals surface area contributed by atoms with E-state index >= 15 is 0 Å². The number of likely N-dealkylation sites (tertiary alicyclic amines) is 1. The summed E-state index contributed by atoms with van der Waals surface area (Å²) in [6, 6.07) is 13.1. The van der Waals surface area contributed by atoms with Crippen molar-refractivity contribution in [2.45, 2.75) is 25.9 Å². The molecular formula is C24H24N6O2S. The van der Waals surface area contributed by atoms with E-state index in [0.29, 0.717) is 11.3 Å². The molecule has 1 amide bonds. The standard InChI is InChI=1S/C24H24N6O2S/c1-15-28-29-23(33-15)17-6-7-18-14-25-24(26-21(18)13-17)27-22(31)16-4-3-5-20(12-16)32-19-8-10-30(2)11-9-19/h3-7,12-14,19H,8-11H2,1-2H3,(H,25,26,27,31). The Morgan fingerprint density at radius 3 is 2.79 bits per heavy atom. The molecule has 0 aliphatic carbocycles. The molecule has 1 saturated heterocycles. The first-order valence-electron chi connectivity index (χ1n) is 10.9. The number of carbonyl (C=O) groups excluding carboxylic acids is 1. The molecule has 5 rings (SSSR count). The highest BCUT2D eigenvalue weighted by atomic mass is 32.1. The first-order chi connectivity index (χ1) is 16.0. The van der Waals surface area contributed by atoms with Crippen LogP contribution in [0.4, 0.5) is 5.95 Å². The fourth-order valence-corrected chi connectivity index (χ4v) is 4.50. The molecule has 0 radical (unpaired) electrons. The zero-order chi connectivity index (χ0) is 22.8. The van der Waals surface area contributed by atoms with Crippen molar-refractivity contribution in [3.8, 4) is 16.3 Å². The summed E-state index contributed by atoms with van der Waals surface area (Å²) in [6.45, 7) is 3.96. The van der Waals surface area contributed by atoms with E-state index in [9.17, 15) is 4.79 Å². The second kappa shape index (κ2) is 9.21. The molecule has 9 heteroatoms. The Kier molecular flexibility index (Phi) is 5.97. The zero-order valence-corrected chi connectivity index (χ0v) is 19.3. The van der Waals surface area contributed by atoms with Crippen molar-refractivity contribution in [1.29, 1.82) is 0 Å². The minimum absolute atomic E-state index is 0.175. The number of benzene rings is 2. The van der Waals surface area contributed by atoms with E-state index in [4.69, 9.17) is 4.74 Å². The molecule has 1 aliphatic heterocycles. The first kappa shape index (κ1) is 21.4. The van der Waals surface area contributed by atoms with Crippen LogP contribution in [0.2, 0.25) is 0 Å². The van der Waals surface area contributed by atoms with E-state index in [-0.39, 0.29) is 18.0 Å². The van der Waals surface area contributed by atoms with Crippen molar-refractivity contribution in [2.24, 2.45) is 0 Å². The van der Waals surface area contributed by atoms with Crippen molar-refractivity contribution in [1.82, 2.24) is 25.1 Å². The molecule has 0 saturated carbocycles. The summed E-state index contributed by atoms with van der Waals surface area (Å²) >= 11 is 1.53. The second-order valence-electron chi connectivity index (χ2n) is 8.20. The lowest BCUT2D eigenvalue weighted by Crippen LogP contribution is -2.35. The first-order valence-corrected chi connectivity index (χ1v) is 11.7. The summed E-state index contributed by atoms with van der Waals surface area (Å²) in [5.74, 6) is 0.674. The van der Waals surface area contributed by atoms with Crippen molar-refractivity contribution < 1.29 is 9.53 Å². The van der Waals surface area contributed by atoms with Crippen molar-refractivity contribution >= 4 is 34.1 Å². The Morgan fingerprint density at radius 1 is 1.15 bits per heavy atom. The molecule has 1 N–H and O–H groups in total. The monoisotopic (exact) mass is 460 g/mol. The number of rotatable bonds is 5. The van der Waals surface area contributed by atoms with Gasteiger partial charge in [-0.15, -0.1) is 10.2 Å². The molecular weight excluding hydrogens is 436 g/mol. The predicted molar refractivity (Wildman–Crippen MR) is 129 cm³/mol. The maximum Gasteiger partial charge on any atom is 0.258 e. The van der Waals surface area contributed by atoms with E-state index in [1.165, 1.54) is 11.3 Å². The number of amides is 1. The summed E-state index contributed by atoms with van der Waals surface area (Å²) in [5, 5.41) is 13.7.